The zero-order valence-corrected chi connectivity index (χ0v) is 48.9. The molecule has 0 fully saturated rings. The van der Waals surface area contributed by atoms with Crippen molar-refractivity contribution in [2.24, 2.45) is 10.8 Å². The van der Waals surface area contributed by atoms with E-state index in [9.17, 15) is 14.4 Å². The molecule has 5 atom stereocenters. The molecule has 0 aliphatic rings. The number of methoxy groups -OCH3 is 3. The van der Waals surface area contributed by atoms with Crippen LogP contribution in [0.2, 0.25) is 0 Å². The summed E-state index contributed by atoms with van der Waals surface area (Å²) in [5, 5.41) is 4.57. The predicted molar refractivity (Wildman–Crippen MR) is 309 cm³/mol. The van der Waals surface area contributed by atoms with Crippen LogP contribution in [0.5, 0.6) is 11.5 Å². The molecule has 0 spiro atoms. The van der Waals surface area contributed by atoms with Crippen LogP contribution in [-0.4, -0.2) is 39.2 Å². The van der Waals surface area contributed by atoms with Gasteiger partial charge in [0, 0.05) is 28.3 Å². The molecule has 6 aromatic carbocycles. The molecule has 0 aliphatic heterocycles. The zero-order chi connectivity index (χ0) is 56.3. The van der Waals surface area contributed by atoms with Crippen molar-refractivity contribution in [2.75, 3.05) is 21.3 Å². The van der Waals surface area contributed by atoms with Gasteiger partial charge < -0.3 is 28.4 Å². The Labute approximate surface area is 451 Å². The summed E-state index contributed by atoms with van der Waals surface area (Å²) in [7, 11) is 5.16. The first-order valence-electron chi connectivity index (χ1n) is 26.8. The van der Waals surface area contributed by atoms with Crippen molar-refractivity contribution in [3.05, 3.63) is 155 Å². The topological polar surface area (TPSA) is 107 Å². The van der Waals surface area contributed by atoms with E-state index in [1.165, 1.54) is 52.8 Å². The van der Waals surface area contributed by atoms with E-state index >= 15 is 0 Å². The van der Waals surface area contributed by atoms with Crippen molar-refractivity contribution in [3.63, 3.8) is 0 Å². The van der Waals surface area contributed by atoms with E-state index in [2.05, 4.69) is 102 Å². The van der Waals surface area contributed by atoms with Crippen LogP contribution in [0.25, 0.3) is 21.5 Å². The number of fused-ring (bicyclic) bond motifs is 2. The number of benzene rings is 6. The van der Waals surface area contributed by atoms with Crippen LogP contribution < -0.4 is 9.47 Å². The number of rotatable bonds is 18. The van der Waals surface area contributed by atoms with Gasteiger partial charge in [0.05, 0.1) is 29.1 Å². The van der Waals surface area contributed by atoms with Gasteiger partial charge in [-0.1, -0.05) is 126 Å². The van der Waals surface area contributed by atoms with Gasteiger partial charge >= 0.3 is 17.9 Å². The van der Waals surface area contributed by atoms with Crippen LogP contribution in [0, 0.1) is 10.8 Å². The monoisotopic (exact) mass is 1030 g/mol. The van der Waals surface area contributed by atoms with Crippen LogP contribution in [0.1, 0.15) is 200 Å². The number of hydrogen-bond donors (Lipinski definition) is 0. The van der Waals surface area contributed by atoms with Gasteiger partial charge in [0.15, 0.2) is 0 Å². The van der Waals surface area contributed by atoms with E-state index in [1.807, 2.05) is 105 Å². The van der Waals surface area contributed by atoms with Crippen molar-refractivity contribution in [3.8, 4) is 11.5 Å². The van der Waals surface area contributed by atoms with Crippen molar-refractivity contribution >= 4 is 39.5 Å². The first-order chi connectivity index (χ1) is 35.3. The number of ether oxygens (including phenoxy) is 6. The smallest absolute Gasteiger partial charge is 0.316 e. The van der Waals surface area contributed by atoms with Gasteiger partial charge in [0.25, 0.3) is 0 Å². The fourth-order valence-electron chi connectivity index (χ4n) is 7.48. The Bertz CT molecular complexity index is 2640. The van der Waals surface area contributed by atoms with Crippen LogP contribution in [0.15, 0.2) is 121 Å². The molecule has 0 saturated carbocycles. The Kier molecular flexibility index (Phi) is 24.9. The molecule has 6 aromatic rings. The second kappa shape index (κ2) is 29.4. The summed E-state index contributed by atoms with van der Waals surface area (Å²) in [6.45, 7) is 31.7. The van der Waals surface area contributed by atoms with Crippen LogP contribution in [-0.2, 0) is 38.9 Å². The largest absolute Gasteiger partial charge is 0.455 e. The Morgan fingerprint density at radius 2 is 0.773 bits per heavy atom. The molecule has 0 bridgehead atoms. The number of carbonyl (C=O) groups is 3. The first kappa shape index (κ1) is 63.4. The summed E-state index contributed by atoms with van der Waals surface area (Å²) in [6, 6.07) is 40.9. The third-order valence-corrected chi connectivity index (χ3v) is 14.7. The molecule has 5 unspecified atom stereocenters. The van der Waals surface area contributed by atoms with Crippen molar-refractivity contribution < 1.29 is 42.8 Å². The van der Waals surface area contributed by atoms with E-state index in [1.54, 1.807) is 39.5 Å². The van der Waals surface area contributed by atoms with Gasteiger partial charge in [0.2, 0.25) is 0 Å². The highest BCUT2D eigenvalue weighted by Crippen LogP contribution is 2.32. The molecule has 0 saturated heterocycles. The normalized spacial score (nSPS) is 13.5. The molecule has 6 rings (SSSR count). The molecule has 0 amide bonds. The van der Waals surface area contributed by atoms with Crippen molar-refractivity contribution in [2.45, 2.75) is 172 Å². The lowest BCUT2D eigenvalue weighted by molar-refractivity contribution is -0.154. The molecule has 0 aromatic heterocycles. The minimum absolute atomic E-state index is 0.0434. The molecule has 9 heteroatoms. The lowest BCUT2D eigenvalue weighted by atomic mass is 9.90. The van der Waals surface area contributed by atoms with Crippen molar-refractivity contribution in [1.82, 2.24) is 0 Å². The summed E-state index contributed by atoms with van der Waals surface area (Å²) >= 11 is 0. The van der Waals surface area contributed by atoms with E-state index in [-0.39, 0.29) is 36.2 Å². The van der Waals surface area contributed by atoms with Gasteiger partial charge in [0.1, 0.15) is 17.1 Å². The maximum Gasteiger partial charge on any atom is 0.316 e. The first-order valence-corrected chi connectivity index (χ1v) is 26.8. The molecular formula is C66H90O9. The minimum Gasteiger partial charge on any atom is -0.455 e. The van der Waals surface area contributed by atoms with Gasteiger partial charge in [-0.3, -0.25) is 14.4 Å². The number of esters is 3. The molecule has 0 aliphatic carbocycles. The standard InChI is InChI=1S/C21H26O4.C17H22O.C15H22O3.C13H20O/c1-7-20(3,4)19(23)24-18-11-9-15-12-17(10-8-16(15)13-18)21(5,6)25-14(2)22;1-5-12(2)14-6-8-17-11-15(13(3)18-4)7-9-16(17)10-14;1-6-15(3,4)14(16)18-13-9-7-12(8-10-13)11(2)17-5;1-5-10(2)12-6-8-13(9-7-12)11(3)14-4/h8-13H,7H2,1-6H3;6-13H,5H2,1-4H3;7-11H,6H2,1-5H3;6-11H,5H2,1-4H3. The third kappa shape index (κ3) is 19.0. The summed E-state index contributed by atoms with van der Waals surface area (Å²) in [5.74, 6) is 1.65. The second-order valence-electron chi connectivity index (χ2n) is 21.4. The second-order valence-corrected chi connectivity index (χ2v) is 21.4. The quantitative estimate of drug-likeness (QED) is 0.0614. The molecule has 0 N–H and O–H groups in total. The number of carbonyl (C=O) groups excluding carboxylic acids is 3. The lowest BCUT2D eigenvalue weighted by Gasteiger charge is -2.25. The average Bonchev–Trinajstić information content (AvgIpc) is 3.41. The predicted octanol–water partition coefficient (Wildman–Crippen LogP) is 17.7. The molecular weight excluding hydrogens is 937 g/mol. The molecule has 0 heterocycles. The van der Waals surface area contributed by atoms with E-state index in [4.69, 9.17) is 28.4 Å². The van der Waals surface area contributed by atoms with Gasteiger partial charge in [-0.05, 0) is 191 Å². The van der Waals surface area contributed by atoms with Gasteiger partial charge in [-0.25, -0.2) is 0 Å². The summed E-state index contributed by atoms with van der Waals surface area (Å²) in [5.41, 5.74) is 5.65. The molecule has 9 nitrogen and oxygen atoms in total. The van der Waals surface area contributed by atoms with E-state index in [0.29, 0.717) is 29.8 Å². The van der Waals surface area contributed by atoms with E-state index in [0.717, 1.165) is 28.3 Å². The Hall–Kier alpha value is -5.87. The summed E-state index contributed by atoms with van der Waals surface area (Å²) < 4.78 is 32.1. The lowest BCUT2D eigenvalue weighted by Crippen LogP contribution is -2.28. The maximum absolute atomic E-state index is 12.2. The van der Waals surface area contributed by atoms with Gasteiger partial charge in [-0.2, -0.15) is 0 Å². The van der Waals surface area contributed by atoms with Crippen LogP contribution in [0.3, 0.4) is 0 Å². The molecule has 408 valence electrons. The highest BCUT2D eigenvalue weighted by molar-refractivity contribution is 5.87. The van der Waals surface area contributed by atoms with Crippen LogP contribution >= 0.6 is 0 Å². The highest BCUT2D eigenvalue weighted by atomic mass is 16.6. The molecule has 0 radical (unpaired) electrons. The third-order valence-electron chi connectivity index (χ3n) is 14.7. The SMILES string of the molecule is CCC(C)(C)C(=O)Oc1ccc(C(C)OC)cc1.CCC(C)(C)C(=O)Oc1ccc2cc(C(C)(C)OC(C)=O)ccc2c1.CCC(C)c1ccc(C(C)OC)cc1.CCC(C)c1ccc2cc(C(C)OC)ccc2c1. The Morgan fingerprint density at radius 1 is 0.427 bits per heavy atom. The Morgan fingerprint density at radius 3 is 1.24 bits per heavy atom. The summed E-state index contributed by atoms with van der Waals surface area (Å²) in [6.07, 6.45) is 4.24. The zero-order valence-electron chi connectivity index (χ0n) is 48.9. The average molecular weight is 1030 g/mol. The highest BCUT2D eigenvalue weighted by Gasteiger charge is 2.29. The minimum atomic E-state index is -0.698. The maximum atomic E-state index is 12.2. The fraction of sp³-hybridized carbons (Fsp3) is 0.470. The van der Waals surface area contributed by atoms with Gasteiger partial charge in [-0.15, -0.1) is 0 Å². The number of hydrogen-bond acceptors (Lipinski definition) is 9. The van der Waals surface area contributed by atoms with E-state index < -0.39 is 16.4 Å². The van der Waals surface area contributed by atoms with Crippen molar-refractivity contribution in [1.29, 1.82) is 0 Å². The van der Waals surface area contributed by atoms with Crippen LogP contribution in [0.4, 0.5) is 0 Å². The summed E-state index contributed by atoms with van der Waals surface area (Å²) in [4.78, 5) is 35.4. The fourth-order valence-corrected chi connectivity index (χ4v) is 7.48. The molecule has 75 heavy (non-hydrogen) atoms. The Balaban J connectivity index is 0.000000269.